The molecule has 3 aromatic rings. The first kappa shape index (κ1) is 19.1. The molecular formula is C23H25N3O3. The second kappa shape index (κ2) is 7.99. The number of hydrogen-bond donors (Lipinski definition) is 1. The van der Waals surface area contributed by atoms with Gasteiger partial charge in [0.25, 0.3) is 11.8 Å². The Bertz CT molecular complexity index is 1010. The minimum absolute atomic E-state index is 0.0741. The van der Waals surface area contributed by atoms with Gasteiger partial charge in [0.15, 0.2) is 5.76 Å². The zero-order valence-electron chi connectivity index (χ0n) is 16.7. The van der Waals surface area contributed by atoms with E-state index in [0.717, 1.165) is 29.9 Å². The summed E-state index contributed by atoms with van der Waals surface area (Å²) in [4.78, 5) is 27.3. The molecule has 0 saturated carbocycles. The van der Waals surface area contributed by atoms with Gasteiger partial charge in [-0.15, -0.1) is 0 Å². The van der Waals surface area contributed by atoms with Gasteiger partial charge in [0.2, 0.25) is 0 Å². The molecule has 1 unspecified atom stereocenters. The number of likely N-dealkylation sites (tertiary alicyclic amines) is 1. The SMILES string of the molecule is Cc1cc(C(=O)NC2CCCN(C(=O)c3ccco3)C2)c(C)n1-c1ccccc1. The number of carbonyl (C=O) groups excluding carboxylic acids is 2. The number of nitrogens with one attached hydrogen (secondary N) is 1. The number of para-hydroxylation sites is 1. The van der Waals surface area contributed by atoms with E-state index in [2.05, 4.69) is 9.88 Å². The van der Waals surface area contributed by atoms with Crippen LogP contribution in [0.25, 0.3) is 5.69 Å². The van der Waals surface area contributed by atoms with Gasteiger partial charge in [-0.3, -0.25) is 9.59 Å². The number of rotatable bonds is 4. The number of furan rings is 1. The second-order valence-corrected chi connectivity index (χ2v) is 7.50. The van der Waals surface area contributed by atoms with Crippen molar-refractivity contribution in [3.05, 3.63) is 77.5 Å². The molecule has 6 nitrogen and oxygen atoms in total. The summed E-state index contributed by atoms with van der Waals surface area (Å²) in [5, 5.41) is 3.12. The summed E-state index contributed by atoms with van der Waals surface area (Å²) in [5.41, 5.74) is 3.62. The van der Waals surface area contributed by atoms with Gasteiger partial charge in [-0.1, -0.05) is 18.2 Å². The Labute approximate surface area is 170 Å². The average Bonchev–Trinajstić information content (AvgIpc) is 3.36. The van der Waals surface area contributed by atoms with Crippen LogP contribution in [0.2, 0.25) is 0 Å². The van der Waals surface area contributed by atoms with Gasteiger partial charge in [0, 0.05) is 36.2 Å². The third-order valence-corrected chi connectivity index (χ3v) is 5.47. The number of piperidine rings is 1. The summed E-state index contributed by atoms with van der Waals surface area (Å²) < 4.78 is 7.31. The molecule has 150 valence electrons. The van der Waals surface area contributed by atoms with Crippen LogP contribution < -0.4 is 5.32 Å². The Morgan fingerprint density at radius 3 is 2.62 bits per heavy atom. The molecule has 2 aromatic heterocycles. The van der Waals surface area contributed by atoms with Gasteiger partial charge in [-0.25, -0.2) is 0 Å². The highest BCUT2D eigenvalue weighted by molar-refractivity contribution is 5.96. The number of hydrogen-bond acceptors (Lipinski definition) is 3. The lowest BCUT2D eigenvalue weighted by Crippen LogP contribution is -2.49. The van der Waals surface area contributed by atoms with Crippen molar-refractivity contribution in [2.75, 3.05) is 13.1 Å². The predicted molar refractivity (Wildman–Crippen MR) is 110 cm³/mol. The molecule has 0 radical (unpaired) electrons. The Morgan fingerprint density at radius 2 is 1.90 bits per heavy atom. The predicted octanol–water partition coefficient (Wildman–Crippen LogP) is 3.72. The zero-order chi connectivity index (χ0) is 20.4. The molecule has 1 atom stereocenters. The van der Waals surface area contributed by atoms with Crippen LogP contribution in [-0.4, -0.2) is 40.4 Å². The Morgan fingerprint density at radius 1 is 1.10 bits per heavy atom. The van der Waals surface area contributed by atoms with Crippen molar-refractivity contribution in [2.24, 2.45) is 0 Å². The van der Waals surface area contributed by atoms with Crippen LogP contribution in [0.4, 0.5) is 0 Å². The number of benzene rings is 1. The van der Waals surface area contributed by atoms with Crippen LogP contribution in [0.3, 0.4) is 0 Å². The van der Waals surface area contributed by atoms with Crippen molar-refractivity contribution in [3.63, 3.8) is 0 Å². The molecule has 1 aromatic carbocycles. The summed E-state index contributed by atoms with van der Waals surface area (Å²) in [7, 11) is 0. The van der Waals surface area contributed by atoms with E-state index in [9.17, 15) is 9.59 Å². The van der Waals surface area contributed by atoms with E-state index in [1.807, 2.05) is 50.2 Å². The number of nitrogens with zero attached hydrogens (tertiary/aromatic N) is 2. The number of carbonyl (C=O) groups is 2. The first-order valence-electron chi connectivity index (χ1n) is 9.92. The third-order valence-electron chi connectivity index (χ3n) is 5.47. The smallest absolute Gasteiger partial charge is 0.289 e. The lowest BCUT2D eigenvalue weighted by Gasteiger charge is -2.32. The van der Waals surface area contributed by atoms with Crippen LogP contribution in [0.15, 0.2) is 59.2 Å². The monoisotopic (exact) mass is 391 g/mol. The summed E-state index contributed by atoms with van der Waals surface area (Å²) in [6, 6.07) is 15.2. The molecule has 1 saturated heterocycles. The minimum atomic E-state index is -0.129. The summed E-state index contributed by atoms with van der Waals surface area (Å²) in [5.74, 6) is 0.108. The maximum atomic E-state index is 13.0. The first-order chi connectivity index (χ1) is 14.0. The maximum absolute atomic E-state index is 13.0. The first-order valence-corrected chi connectivity index (χ1v) is 9.92. The molecule has 2 amide bonds. The molecule has 1 N–H and O–H groups in total. The van der Waals surface area contributed by atoms with Crippen LogP contribution >= 0.6 is 0 Å². The summed E-state index contributed by atoms with van der Waals surface area (Å²) in [6.45, 7) is 5.13. The molecule has 1 aliphatic heterocycles. The minimum Gasteiger partial charge on any atom is -0.459 e. The van der Waals surface area contributed by atoms with Crippen molar-refractivity contribution in [1.29, 1.82) is 0 Å². The highest BCUT2D eigenvalue weighted by atomic mass is 16.3. The molecule has 0 aliphatic carbocycles. The standard InChI is InChI=1S/C23H25N3O3/c1-16-14-20(17(2)26(16)19-9-4-3-5-10-19)22(27)24-18-8-6-12-25(15-18)23(28)21-11-7-13-29-21/h3-5,7,9-11,13-14,18H,6,8,12,15H2,1-2H3,(H,24,27). The lowest BCUT2D eigenvalue weighted by molar-refractivity contribution is 0.0647. The Kier molecular flexibility index (Phi) is 5.25. The van der Waals surface area contributed by atoms with Gasteiger partial charge >= 0.3 is 0 Å². The molecule has 3 heterocycles. The normalized spacial score (nSPS) is 16.6. The zero-order valence-corrected chi connectivity index (χ0v) is 16.7. The topological polar surface area (TPSA) is 67.5 Å². The van der Waals surface area contributed by atoms with Gasteiger partial charge in [-0.2, -0.15) is 0 Å². The molecule has 29 heavy (non-hydrogen) atoms. The Balaban J connectivity index is 1.48. The highest BCUT2D eigenvalue weighted by Crippen LogP contribution is 2.21. The molecule has 0 spiro atoms. The fraction of sp³-hybridized carbons (Fsp3) is 0.304. The largest absolute Gasteiger partial charge is 0.459 e. The van der Waals surface area contributed by atoms with Gasteiger partial charge in [0.1, 0.15) is 0 Å². The molecule has 1 fully saturated rings. The molecular weight excluding hydrogens is 366 g/mol. The van der Waals surface area contributed by atoms with Crippen LogP contribution in [0, 0.1) is 13.8 Å². The second-order valence-electron chi connectivity index (χ2n) is 7.50. The van der Waals surface area contributed by atoms with Crippen molar-refractivity contribution >= 4 is 11.8 Å². The third kappa shape index (κ3) is 3.83. The van der Waals surface area contributed by atoms with E-state index < -0.39 is 0 Å². The quantitative estimate of drug-likeness (QED) is 0.737. The van der Waals surface area contributed by atoms with Crippen molar-refractivity contribution < 1.29 is 14.0 Å². The van der Waals surface area contributed by atoms with Crippen LogP contribution in [0.5, 0.6) is 0 Å². The van der Waals surface area contributed by atoms with Crippen molar-refractivity contribution in [2.45, 2.75) is 32.7 Å². The van der Waals surface area contributed by atoms with Crippen molar-refractivity contribution in [3.8, 4) is 5.69 Å². The van der Waals surface area contributed by atoms with Crippen LogP contribution in [-0.2, 0) is 0 Å². The number of aryl methyl sites for hydroxylation is 1. The molecule has 6 heteroatoms. The van der Waals surface area contributed by atoms with E-state index in [1.54, 1.807) is 17.0 Å². The average molecular weight is 391 g/mol. The number of aromatic nitrogens is 1. The lowest BCUT2D eigenvalue weighted by atomic mass is 10.0. The number of amides is 2. The molecule has 4 rings (SSSR count). The fourth-order valence-corrected chi connectivity index (χ4v) is 4.07. The van der Waals surface area contributed by atoms with E-state index in [0.29, 0.717) is 24.4 Å². The van der Waals surface area contributed by atoms with Gasteiger partial charge in [-0.05, 0) is 57.0 Å². The van der Waals surface area contributed by atoms with E-state index >= 15 is 0 Å². The van der Waals surface area contributed by atoms with Crippen LogP contribution in [0.1, 0.15) is 45.1 Å². The molecule has 0 bridgehead atoms. The van der Waals surface area contributed by atoms with E-state index in [4.69, 9.17) is 4.42 Å². The Hall–Kier alpha value is -3.28. The van der Waals surface area contributed by atoms with E-state index in [1.165, 1.54) is 6.26 Å². The fourth-order valence-electron chi connectivity index (χ4n) is 4.07. The maximum Gasteiger partial charge on any atom is 0.289 e. The van der Waals surface area contributed by atoms with Crippen molar-refractivity contribution in [1.82, 2.24) is 14.8 Å². The highest BCUT2D eigenvalue weighted by Gasteiger charge is 2.28. The van der Waals surface area contributed by atoms with Gasteiger partial charge < -0.3 is 19.2 Å². The van der Waals surface area contributed by atoms with E-state index in [-0.39, 0.29) is 17.9 Å². The molecule has 1 aliphatic rings. The van der Waals surface area contributed by atoms with Gasteiger partial charge in [0.05, 0.1) is 11.8 Å². The summed E-state index contributed by atoms with van der Waals surface area (Å²) in [6.07, 6.45) is 3.20. The summed E-state index contributed by atoms with van der Waals surface area (Å²) >= 11 is 0.